The minimum atomic E-state index is -0.0924. The maximum Gasteiger partial charge on any atom is 0.307 e. The summed E-state index contributed by atoms with van der Waals surface area (Å²) in [5, 5.41) is 1.79. The molecule has 1 heterocycles. The number of nitrogens with zero attached hydrogens (tertiary/aromatic N) is 2. The van der Waals surface area contributed by atoms with Gasteiger partial charge in [0.15, 0.2) is 0 Å². The maximum atomic E-state index is 12.9. The molecule has 3 rings (SSSR count). The van der Waals surface area contributed by atoms with E-state index in [4.69, 9.17) is 0 Å². The Morgan fingerprint density at radius 1 is 0.960 bits per heavy atom. The summed E-state index contributed by atoms with van der Waals surface area (Å²) in [5.41, 5.74) is 2.96. The van der Waals surface area contributed by atoms with Crippen molar-refractivity contribution in [2.24, 2.45) is 0 Å². The topological polar surface area (TPSA) is 42.3 Å². The summed E-state index contributed by atoms with van der Waals surface area (Å²) in [6, 6.07) is 19.8. The Morgan fingerprint density at radius 3 is 1.92 bits per heavy atom. The number of rotatable bonds is 6. The van der Waals surface area contributed by atoms with Crippen molar-refractivity contribution in [2.45, 2.75) is 26.6 Å². The number of carbonyl (C=O) groups is 1. The van der Waals surface area contributed by atoms with E-state index < -0.39 is 0 Å². The summed E-state index contributed by atoms with van der Waals surface area (Å²) in [5.74, 6) is -0.0590. The van der Waals surface area contributed by atoms with E-state index in [2.05, 4.69) is 0 Å². The van der Waals surface area contributed by atoms with Crippen LogP contribution >= 0.6 is 11.3 Å². The highest BCUT2D eigenvalue weighted by atomic mass is 32.1. The SMILES string of the molecule is Cc1csc(=O)n1CC(=O)N(Cc1ccccc1)Cc1ccccc1. The molecule has 3 aromatic rings. The lowest BCUT2D eigenvalue weighted by Crippen LogP contribution is -2.35. The molecule has 0 aliphatic heterocycles. The summed E-state index contributed by atoms with van der Waals surface area (Å²) >= 11 is 1.13. The maximum absolute atomic E-state index is 12.9. The molecular weight excluding hydrogens is 332 g/mol. The first-order valence-corrected chi connectivity index (χ1v) is 9.02. The summed E-state index contributed by atoms with van der Waals surface area (Å²) in [4.78, 5) is 26.5. The average molecular weight is 352 g/mol. The molecule has 0 aliphatic rings. The van der Waals surface area contributed by atoms with Crippen LogP contribution in [0, 0.1) is 6.92 Å². The highest BCUT2D eigenvalue weighted by Crippen LogP contribution is 2.12. The second-order valence-electron chi connectivity index (χ2n) is 5.95. The first kappa shape index (κ1) is 17.2. The van der Waals surface area contributed by atoms with Crippen LogP contribution in [0.4, 0.5) is 0 Å². The van der Waals surface area contributed by atoms with E-state index in [9.17, 15) is 9.59 Å². The van der Waals surface area contributed by atoms with Crippen LogP contribution in [-0.4, -0.2) is 15.4 Å². The van der Waals surface area contributed by atoms with Gasteiger partial charge in [0.25, 0.3) is 0 Å². The van der Waals surface area contributed by atoms with Crippen molar-refractivity contribution in [3.63, 3.8) is 0 Å². The summed E-state index contributed by atoms with van der Waals surface area (Å²) < 4.78 is 1.54. The lowest BCUT2D eigenvalue weighted by molar-refractivity contribution is -0.133. The lowest BCUT2D eigenvalue weighted by Gasteiger charge is -2.23. The van der Waals surface area contributed by atoms with Crippen LogP contribution < -0.4 is 4.87 Å². The third-order valence-corrected chi connectivity index (χ3v) is 4.94. The summed E-state index contributed by atoms with van der Waals surface area (Å²) in [7, 11) is 0. The van der Waals surface area contributed by atoms with Gasteiger partial charge < -0.3 is 4.90 Å². The van der Waals surface area contributed by atoms with Gasteiger partial charge in [-0.15, -0.1) is 0 Å². The number of amides is 1. The van der Waals surface area contributed by atoms with E-state index >= 15 is 0 Å². The van der Waals surface area contributed by atoms with Crippen LogP contribution in [0.25, 0.3) is 0 Å². The molecule has 25 heavy (non-hydrogen) atoms. The van der Waals surface area contributed by atoms with Crippen molar-refractivity contribution >= 4 is 17.2 Å². The third-order valence-electron chi connectivity index (χ3n) is 4.06. The second kappa shape index (κ2) is 7.94. The zero-order valence-corrected chi connectivity index (χ0v) is 14.9. The molecule has 0 spiro atoms. The van der Waals surface area contributed by atoms with E-state index in [1.54, 1.807) is 10.3 Å². The van der Waals surface area contributed by atoms with Gasteiger partial charge in [-0.3, -0.25) is 14.2 Å². The fraction of sp³-hybridized carbons (Fsp3) is 0.200. The standard InChI is InChI=1S/C20H20N2O2S/c1-16-15-25-20(24)22(16)14-19(23)21(12-17-8-4-2-5-9-17)13-18-10-6-3-7-11-18/h2-11,15H,12-14H2,1H3. The minimum absolute atomic E-state index is 0.0590. The molecule has 0 atom stereocenters. The van der Waals surface area contributed by atoms with Crippen molar-refractivity contribution < 1.29 is 4.79 Å². The Bertz CT molecular complexity index is 843. The van der Waals surface area contributed by atoms with Gasteiger partial charge in [0, 0.05) is 24.2 Å². The van der Waals surface area contributed by atoms with Crippen LogP contribution in [0.1, 0.15) is 16.8 Å². The smallest absolute Gasteiger partial charge is 0.307 e. The zero-order chi connectivity index (χ0) is 17.6. The Morgan fingerprint density at radius 2 is 1.48 bits per heavy atom. The molecule has 4 nitrogen and oxygen atoms in total. The van der Waals surface area contributed by atoms with Crippen molar-refractivity contribution in [1.82, 2.24) is 9.47 Å². The number of thiazole rings is 1. The van der Waals surface area contributed by atoms with Crippen molar-refractivity contribution in [1.29, 1.82) is 0 Å². The number of hydrogen-bond acceptors (Lipinski definition) is 3. The zero-order valence-electron chi connectivity index (χ0n) is 14.1. The van der Waals surface area contributed by atoms with E-state index in [1.807, 2.05) is 67.6 Å². The molecule has 0 aliphatic carbocycles. The number of hydrogen-bond donors (Lipinski definition) is 0. The van der Waals surface area contributed by atoms with Crippen molar-refractivity contribution in [2.75, 3.05) is 0 Å². The fourth-order valence-corrected chi connectivity index (χ4v) is 3.41. The van der Waals surface area contributed by atoms with E-state index in [0.29, 0.717) is 13.1 Å². The molecule has 128 valence electrons. The van der Waals surface area contributed by atoms with Gasteiger partial charge in [-0.2, -0.15) is 0 Å². The van der Waals surface area contributed by atoms with Crippen LogP contribution in [0.5, 0.6) is 0 Å². The molecule has 0 fully saturated rings. The highest BCUT2D eigenvalue weighted by molar-refractivity contribution is 7.07. The Labute approximate surface area is 151 Å². The normalized spacial score (nSPS) is 10.6. The molecule has 0 radical (unpaired) electrons. The Hall–Kier alpha value is -2.66. The molecular formula is C20H20N2O2S. The molecule has 0 saturated carbocycles. The fourth-order valence-electron chi connectivity index (χ4n) is 2.67. The number of benzene rings is 2. The van der Waals surface area contributed by atoms with Crippen molar-refractivity contribution in [3.8, 4) is 0 Å². The van der Waals surface area contributed by atoms with E-state index in [0.717, 1.165) is 28.2 Å². The van der Waals surface area contributed by atoms with Gasteiger partial charge in [0.05, 0.1) is 0 Å². The van der Waals surface area contributed by atoms with Gasteiger partial charge in [-0.25, -0.2) is 0 Å². The quantitative estimate of drug-likeness (QED) is 0.682. The van der Waals surface area contributed by atoms with Gasteiger partial charge in [-0.05, 0) is 18.1 Å². The number of aryl methyl sites for hydroxylation is 1. The molecule has 1 aromatic heterocycles. The third kappa shape index (κ3) is 4.45. The van der Waals surface area contributed by atoms with Gasteiger partial charge in [0.2, 0.25) is 5.91 Å². The molecule has 0 saturated heterocycles. The largest absolute Gasteiger partial charge is 0.332 e. The Balaban J connectivity index is 1.82. The minimum Gasteiger partial charge on any atom is -0.332 e. The molecule has 0 bridgehead atoms. The average Bonchev–Trinajstić information content (AvgIpc) is 2.95. The van der Waals surface area contributed by atoms with Gasteiger partial charge in [0.1, 0.15) is 6.54 Å². The number of carbonyl (C=O) groups excluding carboxylic acids is 1. The van der Waals surface area contributed by atoms with Gasteiger partial charge >= 0.3 is 4.87 Å². The van der Waals surface area contributed by atoms with E-state index in [1.165, 1.54) is 4.57 Å². The first-order chi connectivity index (χ1) is 12.1. The number of aromatic nitrogens is 1. The van der Waals surface area contributed by atoms with Crippen LogP contribution in [-0.2, 0) is 24.4 Å². The predicted molar refractivity (Wildman–Crippen MR) is 100 cm³/mol. The van der Waals surface area contributed by atoms with Crippen LogP contribution in [0.3, 0.4) is 0 Å². The van der Waals surface area contributed by atoms with Crippen LogP contribution in [0.15, 0.2) is 70.8 Å². The first-order valence-electron chi connectivity index (χ1n) is 8.14. The van der Waals surface area contributed by atoms with Crippen LogP contribution in [0.2, 0.25) is 0 Å². The molecule has 5 heteroatoms. The van der Waals surface area contributed by atoms with Crippen molar-refractivity contribution in [3.05, 3.63) is 92.5 Å². The predicted octanol–water partition coefficient (Wildman–Crippen LogP) is 3.45. The Kier molecular flexibility index (Phi) is 5.46. The molecule has 2 aromatic carbocycles. The summed E-state index contributed by atoms with van der Waals surface area (Å²) in [6.07, 6.45) is 0. The highest BCUT2D eigenvalue weighted by Gasteiger charge is 2.17. The van der Waals surface area contributed by atoms with E-state index in [-0.39, 0.29) is 17.3 Å². The monoisotopic (exact) mass is 352 g/mol. The molecule has 0 unspecified atom stereocenters. The van der Waals surface area contributed by atoms with Gasteiger partial charge in [-0.1, -0.05) is 72.0 Å². The summed E-state index contributed by atoms with van der Waals surface area (Å²) in [6.45, 7) is 2.97. The molecule has 1 amide bonds. The molecule has 0 N–H and O–H groups in total. The lowest BCUT2D eigenvalue weighted by atomic mass is 10.1. The second-order valence-corrected chi connectivity index (χ2v) is 6.77.